The lowest BCUT2D eigenvalue weighted by atomic mass is 9.76. The first-order valence-corrected chi connectivity index (χ1v) is 7.20. The van der Waals surface area contributed by atoms with Gasteiger partial charge in [-0.25, -0.2) is 0 Å². The van der Waals surface area contributed by atoms with Crippen molar-refractivity contribution in [1.82, 2.24) is 0 Å². The molecule has 0 aromatic rings. The molecule has 0 aliphatic heterocycles. The third-order valence-electron chi connectivity index (χ3n) is 3.92. The number of hydrogen-bond acceptors (Lipinski definition) is 2. The Kier molecular flexibility index (Phi) is 5.00. The highest BCUT2D eigenvalue weighted by Crippen LogP contribution is 2.60. The summed E-state index contributed by atoms with van der Waals surface area (Å²) in [5.41, 5.74) is 5.41. The van der Waals surface area contributed by atoms with E-state index in [-0.39, 0.29) is 0 Å². The SMILES string of the molecule is CCC(N)(CC)C(CC)(CC)P(=O)(O)O. The summed E-state index contributed by atoms with van der Waals surface area (Å²) in [6.07, 6.45) is 1.98. The number of hydrogen-bond donors (Lipinski definition) is 3. The summed E-state index contributed by atoms with van der Waals surface area (Å²) in [5.74, 6) is 0. The zero-order chi connectivity index (χ0) is 12.3. The minimum absolute atomic E-state index is 0.409. The lowest BCUT2D eigenvalue weighted by Crippen LogP contribution is -2.58. The van der Waals surface area contributed by atoms with Crippen LogP contribution in [0.1, 0.15) is 53.4 Å². The molecule has 0 saturated carbocycles. The lowest BCUT2D eigenvalue weighted by Gasteiger charge is -2.47. The molecule has 0 saturated heterocycles. The summed E-state index contributed by atoms with van der Waals surface area (Å²) in [6, 6.07) is 0. The molecule has 0 fully saturated rings. The van der Waals surface area contributed by atoms with Crippen LogP contribution in [0.25, 0.3) is 0 Å². The second-order valence-electron chi connectivity index (χ2n) is 4.15. The predicted octanol–water partition coefficient (Wildman–Crippen LogP) is 2.24. The fraction of sp³-hybridized carbons (Fsp3) is 1.00. The van der Waals surface area contributed by atoms with Crippen molar-refractivity contribution in [3.8, 4) is 0 Å². The van der Waals surface area contributed by atoms with Crippen LogP contribution < -0.4 is 5.73 Å². The van der Waals surface area contributed by atoms with Gasteiger partial charge in [-0.3, -0.25) is 4.57 Å². The Balaban J connectivity index is 5.56. The second-order valence-corrected chi connectivity index (χ2v) is 6.09. The molecule has 15 heavy (non-hydrogen) atoms. The molecule has 0 aliphatic carbocycles. The monoisotopic (exact) mass is 237 g/mol. The van der Waals surface area contributed by atoms with E-state index in [1.54, 1.807) is 13.8 Å². The van der Waals surface area contributed by atoms with Gasteiger partial charge in [0.1, 0.15) is 0 Å². The molecule has 0 bridgehead atoms. The van der Waals surface area contributed by atoms with Crippen LogP contribution >= 0.6 is 7.60 Å². The third-order valence-corrected chi connectivity index (χ3v) is 6.11. The summed E-state index contributed by atoms with van der Waals surface area (Å²) in [7, 11) is -4.19. The van der Waals surface area contributed by atoms with Gasteiger partial charge in [-0.05, 0) is 25.7 Å². The molecular formula is C10H24NO3P. The van der Waals surface area contributed by atoms with Gasteiger partial charge in [0.2, 0.25) is 0 Å². The van der Waals surface area contributed by atoms with Gasteiger partial charge >= 0.3 is 7.60 Å². The lowest BCUT2D eigenvalue weighted by molar-refractivity contribution is 0.209. The molecule has 0 aromatic carbocycles. The standard InChI is InChI=1S/C10H24NO3P/c1-5-9(11,6-2)10(7-3,8-4)15(12,13)14/h5-8,11H2,1-4H3,(H2,12,13,14). The average Bonchev–Trinajstić information content (AvgIpc) is 2.17. The minimum Gasteiger partial charge on any atom is -0.324 e. The van der Waals surface area contributed by atoms with Crippen LogP contribution in [0.4, 0.5) is 0 Å². The summed E-state index contributed by atoms with van der Waals surface area (Å²) in [6.45, 7) is 7.38. The molecule has 4 nitrogen and oxygen atoms in total. The normalized spacial score (nSPS) is 14.3. The Hall–Kier alpha value is 0.110. The summed E-state index contributed by atoms with van der Waals surface area (Å²) >= 11 is 0. The molecule has 0 spiro atoms. The summed E-state index contributed by atoms with van der Waals surface area (Å²) in [5, 5.41) is -1.08. The molecule has 0 atom stereocenters. The Morgan fingerprint density at radius 3 is 1.40 bits per heavy atom. The zero-order valence-electron chi connectivity index (χ0n) is 10.2. The Bertz CT molecular complexity index is 241. The second kappa shape index (κ2) is 4.96. The molecule has 0 aromatic heterocycles. The molecule has 0 heterocycles. The van der Waals surface area contributed by atoms with Gasteiger partial charge in [-0.15, -0.1) is 0 Å². The zero-order valence-corrected chi connectivity index (χ0v) is 11.1. The van der Waals surface area contributed by atoms with Gasteiger partial charge in [0.05, 0.1) is 5.16 Å². The van der Waals surface area contributed by atoms with Crippen molar-refractivity contribution >= 4 is 7.60 Å². The van der Waals surface area contributed by atoms with E-state index < -0.39 is 18.3 Å². The van der Waals surface area contributed by atoms with Crippen molar-refractivity contribution in [3.05, 3.63) is 0 Å². The molecule has 4 N–H and O–H groups in total. The van der Waals surface area contributed by atoms with Crippen molar-refractivity contribution in [1.29, 1.82) is 0 Å². The van der Waals surface area contributed by atoms with E-state index in [1.807, 2.05) is 13.8 Å². The van der Waals surface area contributed by atoms with E-state index in [9.17, 15) is 14.4 Å². The van der Waals surface area contributed by atoms with Crippen molar-refractivity contribution in [2.75, 3.05) is 0 Å². The van der Waals surface area contributed by atoms with Gasteiger partial charge < -0.3 is 15.5 Å². The predicted molar refractivity (Wildman–Crippen MR) is 62.9 cm³/mol. The first-order chi connectivity index (χ1) is 6.74. The van der Waals surface area contributed by atoms with Gasteiger partial charge in [0.15, 0.2) is 0 Å². The van der Waals surface area contributed by atoms with Gasteiger partial charge in [0.25, 0.3) is 0 Å². The largest absolute Gasteiger partial charge is 0.333 e. The van der Waals surface area contributed by atoms with E-state index >= 15 is 0 Å². The maximum Gasteiger partial charge on any atom is 0.333 e. The van der Waals surface area contributed by atoms with E-state index in [4.69, 9.17) is 5.73 Å². The van der Waals surface area contributed by atoms with Crippen LogP contribution in [-0.2, 0) is 4.57 Å². The fourth-order valence-corrected chi connectivity index (χ4v) is 4.28. The quantitative estimate of drug-likeness (QED) is 0.618. The van der Waals surface area contributed by atoms with Crippen LogP contribution in [0, 0.1) is 0 Å². The highest BCUT2D eigenvalue weighted by molar-refractivity contribution is 7.53. The number of rotatable bonds is 6. The van der Waals surface area contributed by atoms with Gasteiger partial charge in [-0.1, -0.05) is 27.7 Å². The van der Waals surface area contributed by atoms with Crippen molar-refractivity contribution < 1.29 is 14.4 Å². The van der Waals surface area contributed by atoms with Crippen LogP contribution in [0.15, 0.2) is 0 Å². The summed E-state index contributed by atoms with van der Waals surface area (Å²) in [4.78, 5) is 19.1. The molecular weight excluding hydrogens is 213 g/mol. The summed E-state index contributed by atoms with van der Waals surface area (Å²) < 4.78 is 11.7. The van der Waals surface area contributed by atoms with Crippen molar-refractivity contribution in [2.45, 2.75) is 64.1 Å². The maximum atomic E-state index is 11.7. The molecule has 0 unspecified atom stereocenters. The molecule has 0 rings (SSSR count). The van der Waals surface area contributed by atoms with Crippen LogP contribution in [0.5, 0.6) is 0 Å². The molecule has 0 amide bonds. The van der Waals surface area contributed by atoms with Crippen LogP contribution in [0.3, 0.4) is 0 Å². The van der Waals surface area contributed by atoms with Crippen molar-refractivity contribution in [2.24, 2.45) is 5.73 Å². The van der Waals surface area contributed by atoms with E-state index in [1.165, 1.54) is 0 Å². The molecule has 92 valence electrons. The maximum absolute atomic E-state index is 11.7. The van der Waals surface area contributed by atoms with E-state index in [2.05, 4.69) is 0 Å². The Morgan fingerprint density at radius 2 is 1.33 bits per heavy atom. The fourth-order valence-electron chi connectivity index (χ4n) is 2.56. The average molecular weight is 237 g/mol. The van der Waals surface area contributed by atoms with Crippen LogP contribution in [0.2, 0.25) is 0 Å². The van der Waals surface area contributed by atoms with E-state index in [0.29, 0.717) is 25.7 Å². The third kappa shape index (κ3) is 2.28. The number of nitrogens with two attached hydrogens (primary N) is 1. The molecule has 0 radical (unpaired) electrons. The molecule has 0 aliphatic rings. The van der Waals surface area contributed by atoms with Crippen LogP contribution in [-0.4, -0.2) is 20.5 Å². The smallest absolute Gasteiger partial charge is 0.324 e. The van der Waals surface area contributed by atoms with Gasteiger partial charge in [0, 0.05) is 5.54 Å². The van der Waals surface area contributed by atoms with E-state index in [0.717, 1.165) is 0 Å². The Labute approximate surface area is 92.4 Å². The minimum atomic E-state index is -4.19. The van der Waals surface area contributed by atoms with Crippen molar-refractivity contribution in [3.63, 3.8) is 0 Å². The highest BCUT2D eigenvalue weighted by atomic mass is 31.2. The molecule has 5 heteroatoms. The first-order valence-electron chi connectivity index (χ1n) is 5.59. The topological polar surface area (TPSA) is 83.6 Å². The highest BCUT2D eigenvalue weighted by Gasteiger charge is 2.55. The van der Waals surface area contributed by atoms with Gasteiger partial charge in [-0.2, -0.15) is 0 Å². The first kappa shape index (κ1) is 15.1. The Morgan fingerprint density at radius 1 is 1.00 bits per heavy atom.